The lowest BCUT2D eigenvalue weighted by Gasteiger charge is -2.24. The maximum Gasteiger partial charge on any atom is 0.416 e. The smallest absolute Gasteiger partial charge is 0.416 e. The number of rotatable bonds is 9. The van der Waals surface area contributed by atoms with Gasteiger partial charge in [0, 0.05) is 0 Å². The zero-order chi connectivity index (χ0) is 27.1. The lowest BCUT2D eigenvalue weighted by molar-refractivity contribution is -0.138. The van der Waals surface area contributed by atoms with Crippen LogP contribution in [-0.2, 0) is 26.7 Å². The molecular formula is C22H17BrF7NO5. The quantitative estimate of drug-likeness (QED) is 0.121. The van der Waals surface area contributed by atoms with Crippen molar-refractivity contribution in [1.82, 2.24) is 0 Å². The molecule has 0 spiro atoms. The van der Waals surface area contributed by atoms with Gasteiger partial charge in [-0.1, -0.05) is 21.1 Å². The predicted molar refractivity (Wildman–Crippen MR) is 115 cm³/mol. The van der Waals surface area contributed by atoms with Crippen LogP contribution in [0, 0.1) is 0 Å². The van der Waals surface area contributed by atoms with Gasteiger partial charge in [-0.25, -0.2) is 14.0 Å². The second-order valence-corrected chi connectivity index (χ2v) is 8.19. The topological polar surface area (TPSA) is 74.2 Å². The second-order valence-electron chi connectivity index (χ2n) is 7.02. The Kier molecular flexibility index (Phi) is 9.85. The van der Waals surface area contributed by atoms with Gasteiger partial charge in [0.25, 0.3) is 0 Å². The van der Waals surface area contributed by atoms with Crippen molar-refractivity contribution < 1.29 is 54.6 Å². The molecule has 0 N–H and O–H groups in total. The number of halogens is 8. The zero-order valence-electron chi connectivity index (χ0n) is 18.1. The monoisotopic (exact) mass is 587 g/mol. The Morgan fingerprint density at radius 3 is 1.75 bits per heavy atom. The van der Waals surface area contributed by atoms with Crippen LogP contribution < -0.4 is 0 Å². The van der Waals surface area contributed by atoms with Gasteiger partial charge in [-0.15, -0.1) is 0 Å². The van der Waals surface area contributed by atoms with Gasteiger partial charge in [-0.3, -0.25) is 0 Å². The molecule has 0 radical (unpaired) electrons. The van der Waals surface area contributed by atoms with E-state index in [1.165, 1.54) is 0 Å². The Morgan fingerprint density at radius 2 is 1.33 bits per heavy atom. The van der Waals surface area contributed by atoms with Gasteiger partial charge in [0.05, 0.1) is 33.3 Å². The molecule has 6 nitrogen and oxygen atoms in total. The lowest BCUT2D eigenvalue weighted by Crippen LogP contribution is -2.39. The van der Waals surface area contributed by atoms with Crippen molar-refractivity contribution in [2.24, 2.45) is 5.16 Å². The number of oxime groups is 1. The summed E-state index contributed by atoms with van der Waals surface area (Å²) in [4.78, 5) is 27.7. The number of carbonyl (C=O) groups excluding carboxylic acids is 2. The van der Waals surface area contributed by atoms with E-state index < -0.39 is 59.1 Å². The van der Waals surface area contributed by atoms with Crippen molar-refractivity contribution in [2.75, 3.05) is 13.7 Å². The van der Waals surface area contributed by atoms with E-state index in [-0.39, 0.29) is 11.1 Å². The van der Waals surface area contributed by atoms with Crippen molar-refractivity contribution in [3.63, 3.8) is 0 Å². The van der Waals surface area contributed by atoms with Gasteiger partial charge in [0.1, 0.15) is 13.7 Å². The highest BCUT2D eigenvalue weighted by molar-refractivity contribution is 9.09. The summed E-state index contributed by atoms with van der Waals surface area (Å²) in [5.41, 5.74) is -2.53. The van der Waals surface area contributed by atoms with Crippen molar-refractivity contribution in [3.05, 3.63) is 70.8 Å². The molecule has 0 aliphatic carbocycles. The van der Waals surface area contributed by atoms with Crippen LogP contribution in [0.3, 0.4) is 0 Å². The standard InChI is InChI=1S/C22H17BrF7NO5/c1-34-31-10-17(24)18(36-20(33)13-4-8-15(9-5-13)22(28,29)30)16(23)11-35-19(32)12-2-6-14(7-3-12)21(25,26)27/h2-10,16-18H,11H2,1H3/t16-,17+,18-/m0/s1. The number of hydrogen-bond acceptors (Lipinski definition) is 6. The number of esters is 2. The van der Waals surface area contributed by atoms with E-state index in [1.807, 2.05) is 0 Å². The first-order chi connectivity index (χ1) is 16.7. The first-order valence-corrected chi connectivity index (χ1v) is 10.7. The Bertz CT molecular complexity index is 1060. The summed E-state index contributed by atoms with van der Waals surface area (Å²) < 4.78 is 101. The Morgan fingerprint density at radius 1 is 0.889 bits per heavy atom. The van der Waals surface area contributed by atoms with Gasteiger partial charge in [0.15, 0.2) is 12.3 Å². The first kappa shape index (κ1) is 29.1. The number of nitrogens with zero attached hydrogens (tertiary/aromatic N) is 1. The molecule has 0 fully saturated rings. The van der Waals surface area contributed by atoms with Gasteiger partial charge in [0.2, 0.25) is 0 Å². The Hall–Kier alpha value is -3.16. The van der Waals surface area contributed by atoms with Crippen LogP contribution in [0.5, 0.6) is 0 Å². The van der Waals surface area contributed by atoms with Crippen molar-refractivity contribution in [2.45, 2.75) is 29.5 Å². The summed E-state index contributed by atoms with van der Waals surface area (Å²) in [6, 6.07) is 6.09. The molecule has 0 amide bonds. The summed E-state index contributed by atoms with van der Waals surface area (Å²) in [5.74, 6) is -2.22. The molecule has 0 heterocycles. The minimum Gasteiger partial charge on any atom is -0.461 e. The van der Waals surface area contributed by atoms with Crippen LogP contribution in [0.2, 0.25) is 0 Å². The van der Waals surface area contributed by atoms with Crippen molar-refractivity contribution >= 4 is 34.1 Å². The van der Waals surface area contributed by atoms with Crippen LogP contribution in [-0.4, -0.2) is 49.0 Å². The number of hydrogen-bond donors (Lipinski definition) is 0. The minimum absolute atomic E-state index is 0.223. The first-order valence-electron chi connectivity index (χ1n) is 9.81. The van der Waals surface area contributed by atoms with Crippen LogP contribution >= 0.6 is 15.9 Å². The molecule has 0 saturated heterocycles. The molecular weight excluding hydrogens is 571 g/mol. The molecule has 0 saturated carbocycles. The summed E-state index contributed by atoms with van der Waals surface area (Å²) in [5, 5.41) is 3.23. The van der Waals surface area contributed by atoms with Gasteiger partial charge < -0.3 is 14.3 Å². The maximum atomic E-state index is 14.7. The summed E-state index contributed by atoms with van der Waals surface area (Å²) in [6.45, 7) is -0.605. The SMILES string of the molecule is CON=C[C@@H](F)[C@@H](OC(=O)c1ccc(C(F)(F)F)cc1)[C@@H](Br)COC(=O)c1ccc(C(F)(F)F)cc1. The Balaban J connectivity index is 2.11. The van der Waals surface area contributed by atoms with Gasteiger partial charge in [-0.2, -0.15) is 26.3 Å². The number of alkyl halides is 8. The van der Waals surface area contributed by atoms with E-state index in [9.17, 15) is 40.3 Å². The summed E-state index contributed by atoms with van der Waals surface area (Å²) in [7, 11) is 1.11. The number of benzene rings is 2. The van der Waals surface area contributed by atoms with Gasteiger partial charge >= 0.3 is 24.3 Å². The molecule has 0 aromatic heterocycles. The molecule has 2 rings (SSSR count). The predicted octanol–water partition coefficient (Wildman–Crippen LogP) is 5.84. The third kappa shape index (κ3) is 8.21. The molecule has 0 aliphatic heterocycles. The zero-order valence-corrected chi connectivity index (χ0v) is 19.7. The largest absolute Gasteiger partial charge is 0.461 e. The van der Waals surface area contributed by atoms with Gasteiger partial charge in [-0.05, 0) is 48.5 Å². The Labute approximate surface area is 208 Å². The maximum absolute atomic E-state index is 14.7. The summed E-state index contributed by atoms with van der Waals surface area (Å²) >= 11 is 3.02. The van der Waals surface area contributed by atoms with Crippen LogP contribution in [0.15, 0.2) is 53.7 Å². The molecule has 36 heavy (non-hydrogen) atoms. The lowest BCUT2D eigenvalue weighted by atomic mass is 10.1. The normalized spacial score (nSPS) is 14.7. The highest BCUT2D eigenvalue weighted by atomic mass is 79.9. The van der Waals surface area contributed by atoms with Crippen LogP contribution in [0.4, 0.5) is 30.7 Å². The van der Waals surface area contributed by atoms with E-state index in [0.717, 1.165) is 31.4 Å². The molecule has 2 aromatic rings. The van der Waals surface area contributed by atoms with E-state index in [2.05, 4.69) is 25.9 Å². The summed E-state index contributed by atoms with van der Waals surface area (Å²) in [6.07, 6.45) is -12.4. The van der Waals surface area contributed by atoms with Crippen molar-refractivity contribution in [3.8, 4) is 0 Å². The molecule has 0 bridgehead atoms. The molecule has 14 heteroatoms. The molecule has 2 aromatic carbocycles. The third-order valence-corrected chi connectivity index (χ3v) is 5.28. The highest BCUT2D eigenvalue weighted by Gasteiger charge is 2.34. The van der Waals surface area contributed by atoms with Crippen molar-refractivity contribution in [1.29, 1.82) is 0 Å². The number of carbonyl (C=O) groups is 2. The van der Waals surface area contributed by atoms with E-state index >= 15 is 0 Å². The van der Waals surface area contributed by atoms with E-state index in [0.29, 0.717) is 30.5 Å². The molecule has 0 unspecified atom stereocenters. The fourth-order valence-electron chi connectivity index (χ4n) is 2.66. The van der Waals surface area contributed by atoms with E-state index in [1.54, 1.807) is 0 Å². The molecule has 3 atom stereocenters. The fraction of sp³-hybridized carbons (Fsp3) is 0.318. The minimum atomic E-state index is -4.64. The van der Waals surface area contributed by atoms with Crippen LogP contribution in [0.1, 0.15) is 31.8 Å². The third-order valence-electron chi connectivity index (χ3n) is 4.49. The van der Waals surface area contributed by atoms with E-state index in [4.69, 9.17) is 9.47 Å². The number of ether oxygens (including phenoxy) is 2. The molecule has 0 aliphatic rings. The highest BCUT2D eigenvalue weighted by Crippen LogP contribution is 2.30. The fourth-order valence-corrected chi connectivity index (χ4v) is 3.19. The molecule has 196 valence electrons. The van der Waals surface area contributed by atoms with Crippen LogP contribution in [0.25, 0.3) is 0 Å². The average Bonchev–Trinajstić information content (AvgIpc) is 2.83. The average molecular weight is 588 g/mol. The second kappa shape index (κ2) is 12.2.